The van der Waals surface area contributed by atoms with E-state index < -0.39 is 0 Å². The molecule has 0 amide bonds. The van der Waals surface area contributed by atoms with Crippen LogP contribution in [0.4, 0.5) is 0 Å². The van der Waals surface area contributed by atoms with Gasteiger partial charge in [-0.2, -0.15) is 0 Å². The van der Waals surface area contributed by atoms with Crippen LogP contribution in [0.25, 0.3) is 0 Å². The van der Waals surface area contributed by atoms with Gasteiger partial charge >= 0.3 is 0 Å². The van der Waals surface area contributed by atoms with E-state index in [2.05, 4.69) is 23.8 Å². The Kier molecular flexibility index (Phi) is 2.28. The summed E-state index contributed by atoms with van der Waals surface area (Å²) in [6, 6.07) is 0. The summed E-state index contributed by atoms with van der Waals surface area (Å²) in [5.41, 5.74) is 0. The van der Waals surface area contributed by atoms with E-state index in [1.54, 1.807) is 0 Å². The Morgan fingerprint density at radius 1 is 1.50 bits per heavy atom. The van der Waals surface area contributed by atoms with E-state index in [0.717, 1.165) is 13.1 Å². The normalized spacial score (nSPS) is 33.0. The summed E-state index contributed by atoms with van der Waals surface area (Å²) < 4.78 is 0. The Morgan fingerprint density at radius 3 is 2.30 bits per heavy atom. The highest BCUT2D eigenvalue weighted by Crippen LogP contribution is 2.13. The van der Waals surface area contributed by atoms with Crippen molar-refractivity contribution in [2.24, 2.45) is 0 Å². The molecule has 0 aromatic rings. The molecule has 1 fully saturated rings. The van der Waals surface area contributed by atoms with Gasteiger partial charge in [-0.15, -0.1) is 0 Å². The summed E-state index contributed by atoms with van der Waals surface area (Å²) >= 11 is 0. The summed E-state index contributed by atoms with van der Waals surface area (Å²) in [7, 11) is 2.08. The van der Waals surface area contributed by atoms with Crippen molar-refractivity contribution >= 4 is 0 Å². The minimum atomic E-state index is -0.306. The predicted octanol–water partition coefficient (Wildman–Crippen LogP) is -0.0819. The van der Waals surface area contributed by atoms with Gasteiger partial charge in [0.2, 0.25) is 0 Å². The fourth-order valence-electron chi connectivity index (χ4n) is 1.40. The number of aliphatic hydroxyl groups is 1. The number of nitrogens with zero attached hydrogens (tertiary/aromatic N) is 2. The van der Waals surface area contributed by atoms with Crippen molar-refractivity contribution in [3.8, 4) is 0 Å². The maximum atomic E-state index is 9.24. The smallest absolute Gasteiger partial charge is 0.105 e. The van der Waals surface area contributed by atoms with Gasteiger partial charge in [-0.1, -0.05) is 0 Å². The topological polar surface area (TPSA) is 26.7 Å². The average molecular weight is 144 g/mol. The van der Waals surface area contributed by atoms with Crippen LogP contribution in [-0.4, -0.2) is 47.4 Å². The molecule has 10 heavy (non-hydrogen) atoms. The Balaban J connectivity index is 2.49. The molecule has 3 heteroatoms. The molecule has 1 heterocycles. The Hall–Kier alpha value is -0.120. The van der Waals surface area contributed by atoms with E-state index in [9.17, 15) is 5.11 Å². The van der Waals surface area contributed by atoms with Crippen LogP contribution in [0.3, 0.4) is 0 Å². The van der Waals surface area contributed by atoms with Crippen molar-refractivity contribution in [2.45, 2.75) is 26.2 Å². The second kappa shape index (κ2) is 2.86. The van der Waals surface area contributed by atoms with Crippen molar-refractivity contribution < 1.29 is 5.11 Å². The summed E-state index contributed by atoms with van der Waals surface area (Å²) in [6.07, 6.45) is 0.0833. The number of hydrogen-bond acceptors (Lipinski definition) is 3. The van der Waals surface area contributed by atoms with Crippen molar-refractivity contribution in [1.29, 1.82) is 0 Å². The molecular formula is C7H16N2O. The van der Waals surface area contributed by atoms with Crippen LogP contribution >= 0.6 is 0 Å². The Morgan fingerprint density at radius 2 is 2.10 bits per heavy atom. The van der Waals surface area contributed by atoms with Gasteiger partial charge in [0.15, 0.2) is 0 Å². The molecule has 0 radical (unpaired) electrons. The van der Waals surface area contributed by atoms with E-state index >= 15 is 0 Å². The van der Waals surface area contributed by atoms with Gasteiger partial charge in [0.05, 0.1) is 6.17 Å². The van der Waals surface area contributed by atoms with Crippen LogP contribution in [-0.2, 0) is 0 Å². The van der Waals surface area contributed by atoms with Gasteiger partial charge in [-0.3, -0.25) is 9.80 Å². The van der Waals surface area contributed by atoms with Crippen molar-refractivity contribution in [3.63, 3.8) is 0 Å². The molecule has 2 atom stereocenters. The lowest BCUT2D eigenvalue weighted by atomic mass is 10.4. The molecule has 0 aliphatic carbocycles. The van der Waals surface area contributed by atoms with Crippen molar-refractivity contribution in [3.05, 3.63) is 0 Å². The average Bonchev–Trinajstić information content (AvgIpc) is 2.14. The van der Waals surface area contributed by atoms with Gasteiger partial charge in [0.25, 0.3) is 0 Å². The molecule has 60 valence electrons. The maximum Gasteiger partial charge on any atom is 0.105 e. The second-order valence-electron chi connectivity index (χ2n) is 2.98. The lowest BCUT2D eigenvalue weighted by molar-refractivity contribution is -0.00537. The highest BCUT2D eigenvalue weighted by atomic mass is 16.3. The van der Waals surface area contributed by atoms with Crippen LogP contribution < -0.4 is 0 Å². The van der Waals surface area contributed by atoms with Crippen molar-refractivity contribution in [2.75, 3.05) is 20.1 Å². The molecule has 0 spiro atoms. The Bertz CT molecular complexity index is 116. The second-order valence-corrected chi connectivity index (χ2v) is 2.98. The fraction of sp³-hybridized carbons (Fsp3) is 1.00. The molecule has 3 nitrogen and oxygen atoms in total. The predicted molar refractivity (Wildman–Crippen MR) is 40.5 cm³/mol. The van der Waals surface area contributed by atoms with Crippen LogP contribution in [0, 0.1) is 0 Å². The lowest BCUT2D eigenvalue weighted by Gasteiger charge is -2.26. The zero-order valence-corrected chi connectivity index (χ0v) is 6.91. The third kappa shape index (κ3) is 1.31. The summed E-state index contributed by atoms with van der Waals surface area (Å²) in [6.45, 7) is 5.97. The van der Waals surface area contributed by atoms with Crippen LogP contribution in [0.1, 0.15) is 13.8 Å². The number of aliphatic hydroxyl groups excluding tert-OH is 1. The first kappa shape index (κ1) is 7.98. The number of likely N-dealkylation sites (N-methyl/N-ethyl adjacent to an activating group) is 1. The quantitative estimate of drug-likeness (QED) is 0.557. The minimum Gasteiger partial charge on any atom is -0.379 e. The molecule has 1 aliphatic rings. The van der Waals surface area contributed by atoms with E-state index in [1.165, 1.54) is 0 Å². The maximum absolute atomic E-state index is 9.24. The fourth-order valence-corrected chi connectivity index (χ4v) is 1.40. The van der Waals surface area contributed by atoms with E-state index in [4.69, 9.17) is 0 Å². The summed E-state index contributed by atoms with van der Waals surface area (Å²) in [5, 5.41) is 9.24. The van der Waals surface area contributed by atoms with E-state index in [1.807, 2.05) is 6.92 Å². The molecule has 1 saturated heterocycles. The zero-order chi connectivity index (χ0) is 7.72. The lowest BCUT2D eigenvalue weighted by Crippen LogP contribution is -2.39. The molecule has 0 aromatic carbocycles. The molecule has 1 aliphatic heterocycles. The molecule has 2 unspecified atom stereocenters. The molecule has 0 bridgehead atoms. The third-order valence-corrected chi connectivity index (χ3v) is 2.31. The van der Waals surface area contributed by atoms with Gasteiger partial charge in [0.1, 0.15) is 6.23 Å². The molecule has 0 saturated carbocycles. The molecule has 0 aromatic heterocycles. The third-order valence-electron chi connectivity index (χ3n) is 2.31. The van der Waals surface area contributed by atoms with Gasteiger partial charge in [-0.25, -0.2) is 0 Å². The van der Waals surface area contributed by atoms with E-state index in [0.29, 0.717) is 6.17 Å². The Labute approximate surface area is 62.2 Å². The minimum absolute atomic E-state index is 0.306. The molecular weight excluding hydrogens is 128 g/mol. The number of rotatable bonds is 1. The zero-order valence-electron chi connectivity index (χ0n) is 6.91. The first-order valence-corrected chi connectivity index (χ1v) is 3.77. The van der Waals surface area contributed by atoms with Gasteiger partial charge in [-0.05, 0) is 20.9 Å². The van der Waals surface area contributed by atoms with Gasteiger partial charge in [0, 0.05) is 13.1 Å². The van der Waals surface area contributed by atoms with Gasteiger partial charge < -0.3 is 5.11 Å². The SMILES string of the molecule is CC(O)N1CCN(C)C1C. The van der Waals surface area contributed by atoms with E-state index in [-0.39, 0.29) is 6.23 Å². The largest absolute Gasteiger partial charge is 0.379 e. The van der Waals surface area contributed by atoms with Crippen LogP contribution in [0.2, 0.25) is 0 Å². The van der Waals surface area contributed by atoms with Crippen LogP contribution in [0.5, 0.6) is 0 Å². The first-order valence-electron chi connectivity index (χ1n) is 3.77. The highest BCUT2D eigenvalue weighted by Gasteiger charge is 2.27. The van der Waals surface area contributed by atoms with Crippen molar-refractivity contribution in [1.82, 2.24) is 9.80 Å². The summed E-state index contributed by atoms with van der Waals surface area (Å²) in [5.74, 6) is 0. The monoisotopic (exact) mass is 144 g/mol. The summed E-state index contributed by atoms with van der Waals surface area (Å²) in [4.78, 5) is 4.30. The first-order chi connectivity index (χ1) is 4.63. The van der Waals surface area contributed by atoms with Crippen LogP contribution in [0.15, 0.2) is 0 Å². The number of hydrogen-bond donors (Lipinski definition) is 1. The molecule has 1 rings (SSSR count). The standard InChI is InChI=1S/C7H16N2O/c1-6-8(3)4-5-9(6)7(2)10/h6-7,10H,4-5H2,1-3H3. The molecule has 1 N–H and O–H groups in total. The highest BCUT2D eigenvalue weighted by molar-refractivity contribution is 4.76.